The van der Waals surface area contributed by atoms with Crippen molar-refractivity contribution in [2.24, 2.45) is 0 Å². The molecule has 0 amide bonds. The largest absolute Gasteiger partial charge is 0.486 e. The molecule has 4 aliphatic heterocycles. The second-order valence-corrected chi connectivity index (χ2v) is 18.0. The number of esters is 2. The van der Waals surface area contributed by atoms with Crippen molar-refractivity contribution in [1.82, 2.24) is 0 Å². The minimum Gasteiger partial charge on any atom is -0.486 e. The Hall–Kier alpha value is -9.58. The molecule has 11 aromatic rings. The fourth-order valence-electron chi connectivity index (χ4n) is 8.74. The van der Waals surface area contributed by atoms with E-state index in [1.807, 2.05) is 103 Å². The quantitative estimate of drug-likeness (QED) is 0.0620. The number of fused-ring (bicyclic) bond motifs is 8. The summed E-state index contributed by atoms with van der Waals surface area (Å²) in [6, 6.07) is 72.5. The van der Waals surface area contributed by atoms with E-state index in [-0.39, 0.29) is 23.2 Å². The number of aryl methyl sites for hydroxylation is 1. The number of hydrogen-bond acceptors (Lipinski definition) is 11. The Labute approximate surface area is 450 Å². The molecule has 0 saturated carbocycles. The van der Waals surface area contributed by atoms with Gasteiger partial charge in [-0.1, -0.05) is 158 Å². The van der Waals surface area contributed by atoms with E-state index in [9.17, 15) is 19.2 Å². The predicted octanol–water partition coefficient (Wildman–Crippen LogP) is 13.7. The van der Waals surface area contributed by atoms with Crippen molar-refractivity contribution in [3.8, 4) is 17.2 Å². The van der Waals surface area contributed by atoms with Crippen molar-refractivity contribution < 1.29 is 42.1 Å². The van der Waals surface area contributed by atoms with Crippen LogP contribution in [0.5, 0.6) is 17.2 Å². The Morgan fingerprint density at radius 3 is 1.53 bits per heavy atom. The van der Waals surface area contributed by atoms with E-state index >= 15 is 0 Å². The number of para-hydroxylation sites is 4. The molecule has 11 nitrogen and oxygen atoms in total. The van der Waals surface area contributed by atoms with Crippen LogP contribution in [0.3, 0.4) is 0 Å². The third kappa shape index (κ3) is 14.8. The average molecular weight is 1040 g/mol. The van der Waals surface area contributed by atoms with Crippen molar-refractivity contribution >= 4 is 55.2 Å². The van der Waals surface area contributed by atoms with Gasteiger partial charge in [-0.3, -0.25) is 4.79 Å². The highest BCUT2D eigenvalue weighted by molar-refractivity contribution is 5.98. The number of ether oxygens (including phenoxy) is 5. The van der Waals surface area contributed by atoms with Crippen molar-refractivity contribution in [3.05, 3.63) is 279 Å². The third-order valence-corrected chi connectivity index (χ3v) is 12.7. The Morgan fingerprint density at radius 1 is 0.359 bits per heavy atom. The van der Waals surface area contributed by atoms with E-state index in [2.05, 4.69) is 89.3 Å². The maximum absolute atomic E-state index is 11.1. The maximum Gasteiger partial charge on any atom is 0.343 e. The maximum atomic E-state index is 11.1. The van der Waals surface area contributed by atoms with E-state index in [0.717, 1.165) is 77.2 Å². The van der Waals surface area contributed by atoms with E-state index < -0.39 is 0 Å². The molecule has 0 fully saturated rings. The molecule has 0 unspecified atom stereocenters. The standard InChI is InChI=1S/C14H10.C9H8O2.C9H6O2.C9H8O2.C9H6O2.C9H10O.C8H8O2/c1-2-6-12-10-14-8-4-3-7-13(14)9-11(12)5-1;2*10-9-8-4-2-1-3-7(8)5-6-11-9;2*10-9-6-5-7-3-1-2-4-8(7)11-9;1-2-4-9-7-10-6-5-8(9)3-1;1-2-4-8-7(3-1)9-5-6-10-8/h1-10H;1-4H,5-6H2;1-6H;1-4H,5-6H2;1-6H;1-4H,5-7H2;1-4H,5-6H2. The van der Waals surface area contributed by atoms with Crippen LogP contribution >= 0.6 is 0 Å². The van der Waals surface area contributed by atoms with Gasteiger partial charge in [-0.2, -0.15) is 0 Å². The molecule has 15 rings (SSSR count). The number of benzene rings is 9. The predicted molar refractivity (Wildman–Crippen MR) is 304 cm³/mol. The summed E-state index contributed by atoms with van der Waals surface area (Å²) in [6.45, 7) is 3.54. The molecule has 0 spiro atoms. The van der Waals surface area contributed by atoms with Gasteiger partial charge in [0.15, 0.2) is 11.5 Å². The Morgan fingerprint density at radius 2 is 0.885 bits per heavy atom. The number of carbonyl (C=O) groups is 2. The number of cyclic esters (lactones) is 1. The summed E-state index contributed by atoms with van der Waals surface area (Å²) < 4.78 is 35.3. The van der Waals surface area contributed by atoms with Gasteiger partial charge < -0.3 is 32.5 Å². The molecule has 4 aliphatic rings. The highest BCUT2D eigenvalue weighted by atomic mass is 16.6. The van der Waals surface area contributed by atoms with Crippen LogP contribution in [0.2, 0.25) is 0 Å². The monoisotopic (exact) mass is 1040 g/mol. The molecule has 11 heteroatoms. The second kappa shape index (κ2) is 27.3. The summed E-state index contributed by atoms with van der Waals surface area (Å²) in [5.74, 6) is 2.13. The molecule has 0 aliphatic carbocycles. The molecule has 0 saturated heterocycles. The van der Waals surface area contributed by atoms with Crippen LogP contribution in [0.1, 0.15) is 39.0 Å². The van der Waals surface area contributed by atoms with Crippen molar-refractivity contribution in [2.75, 3.05) is 26.4 Å². The summed E-state index contributed by atoms with van der Waals surface area (Å²) in [5.41, 5.74) is 5.82. The van der Waals surface area contributed by atoms with Gasteiger partial charge in [-0.05, 0) is 123 Å². The first kappa shape index (κ1) is 53.3. The number of carbonyl (C=O) groups excluding carboxylic acids is 2. The first-order valence-electron chi connectivity index (χ1n) is 25.7. The summed E-state index contributed by atoms with van der Waals surface area (Å²) in [6.07, 6.45) is 4.66. The van der Waals surface area contributed by atoms with Crippen LogP contribution in [0.25, 0.3) is 43.3 Å². The fraction of sp³-hybridized carbons (Fsp3) is 0.134. The van der Waals surface area contributed by atoms with Crippen molar-refractivity contribution in [3.63, 3.8) is 0 Å². The summed E-state index contributed by atoms with van der Waals surface area (Å²) >= 11 is 0. The Balaban J connectivity index is 0.000000111. The summed E-state index contributed by atoms with van der Waals surface area (Å²) in [5, 5.41) is 7.75. The van der Waals surface area contributed by atoms with E-state index in [1.165, 1.54) is 45.0 Å². The molecule has 0 bridgehead atoms. The van der Waals surface area contributed by atoms with Crippen LogP contribution < -0.4 is 25.5 Å². The van der Waals surface area contributed by atoms with Crippen LogP contribution in [0.15, 0.2) is 249 Å². The molecule has 0 N–H and O–H groups in total. The molecule has 2 aromatic heterocycles. The summed E-state index contributed by atoms with van der Waals surface area (Å²) in [4.78, 5) is 43.6. The van der Waals surface area contributed by atoms with Crippen LogP contribution in [0.4, 0.5) is 0 Å². The lowest BCUT2D eigenvalue weighted by atomic mass is 10.0. The highest BCUT2D eigenvalue weighted by Gasteiger charge is 2.17. The zero-order valence-electron chi connectivity index (χ0n) is 42.8. The second-order valence-electron chi connectivity index (χ2n) is 18.0. The number of hydrogen-bond donors (Lipinski definition) is 0. The molecule has 6 heterocycles. The van der Waals surface area contributed by atoms with E-state index in [4.69, 9.17) is 28.1 Å². The van der Waals surface area contributed by atoms with Gasteiger partial charge in [-0.25, -0.2) is 14.4 Å². The lowest BCUT2D eigenvalue weighted by Crippen LogP contribution is -2.16. The van der Waals surface area contributed by atoms with E-state index in [0.29, 0.717) is 37.2 Å². The molecule has 0 atom stereocenters. The number of rotatable bonds is 0. The molecular formula is C67H56O11. The minimum atomic E-state index is -0.302. The topological polar surface area (TPSA) is 141 Å². The first-order chi connectivity index (χ1) is 38.3. The SMILES string of the molecule is O=C1CCc2ccccc2O1.O=C1OCCc2ccccc21.O=c1ccc2ccccc2o1.O=c1occc2ccccc12.c1ccc2c(c1)CCOC2.c1ccc2c(c1)OCCO2.c1ccc2cc3ccccc3cc2c1. The van der Waals surface area contributed by atoms with E-state index in [1.54, 1.807) is 30.3 Å². The van der Waals surface area contributed by atoms with Gasteiger partial charge in [-0.15, -0.1) is 0 Å². The first-order valence-corrected chi connectivity index (χ1v) is 25.7. The van der Waals surface area contributed by atoms with Crippen LogP contribution in [-0.4, -0.2) is 38.4 Å². The molecule has 9 aromatic carbocycles. The highest BCUT2D eigenvalue weighted by Crippen LogP contribution is 2.29. The molecular weight excluding hydrogens is 981 g/mol. The van der Waals surface area contributed by atoms with Crippen LogP contribution in [-0.2, 0) is 40.1 Å². The summed E-state index contributed by atoms with van der Waals surface area (Å²) in [7, 11) is 0. The molecule has 78 heavy (non-hydrogen) atoms. The van der Waals surface area contributed by atoms with Gasteiger partial charge in [0, 0.05) is 17.9 Å². The van der Waals surface area contributed by atoms with Gasteiger partial charge in [0.1, 0.15) is 24.5 Å². The van der Waals surface area contributed by atoms with Gasteiger partial charge in [0.25, 0.3) is 0 Å². The molecule has 0 radical (unpaired) electrons. The average Bonchev–Trinajstić information content (AvgIpc) is 3.51. The lowest BCUT2D eigenvalue weighted by molar-refractivity contribution is -0.135. The Kier molecular flexibility index (Phi) is 18.6. The van der Waals surface area contributed by atoms with Crippen LogP contribution in [0, 0.1) is 0 Å². The normalized spacial score (nSPS) is 13.2. The smallest absolute Gasteiger partial charge is 0.343 e. The fourth-order valence-corrected chi connectivity index (χ4v) is 8.74. The third-order valence-electron chi connectivity index (χ3n) is 12.7. The van der Waals surface area contributed by atoms with Gasteiger partial charge in [0.2, 0.25) is 0 Å². The Bertz CT molecular complexity index is 3680. The molecule has 390 valence electrons. The van der Waals surface area contributed by atoms with Crippen molar-refractivity contribution in [1.29, 1.82) is 0 Å². The minimum absolute atomic E-state index is 0.122. The van der Waals surface area contributed by atoms with Gasteiger partial charge in [0.05, 0.1) is 43.5 Å². The van der Waals surface area contributed by atoms with Crippen molar-refractivity contribution in [2.45, 2.75) is 32.3 Å². The van der Waals surface area contributed by atoms with Gasteiger partial charge >= 0.3 is 23.2 Å². The lowest BCUT2D eigenvalue weighted by Gasteiger charge is -2.17. The zero-order chi connectivity index (χ0) is 53.7. The zero-order valence-corrected chi connectivity index (χ0v) is 42.8.